The molecule has 3 rings (SSSR count). The van der Waals surface area contributed by atoms with Crippen LogP contribution in [0.25, 0.3) is 0 Å². The summed E-state index contributed by atoms with van der Waals surface area (Å²) in [4.78, 5) is 7.31. The summed E-state index contributed by atoms with van der Waals surface area (Å²) in [6, 6.07) is 0. The first-order valence-corrected chi connectivity index (χ1v) is 9.08. The highest BCUT2D eigenvalue weighted by atomic mass is 127. The second kappa shape index (κ2) is 8.70. The summed E-state index contributed by atoms with van der Waals surface area (Å²) in [5.41, 5.74) is 2.52. The summed E-state index contributed by atoms with van der Waals surface area (Å²) in [6.07, 6.45) is 2.38. The number of ether oxygens (including phenoxy) is 1. The number of rotatable bonds is 4. The zero-order valence-corrected chi connectivity index (χ0v) is 18.1. The van der Waals surface area contributed by atoms with Crippen molar-refractivity contribution in [3.63, 3.8) is 0 Å². The molecule has 0 aliphatic carbocycles. The van der Waals surface area contributed by atoms with Gasteiger partial charge in [0.05, 0.1) is 12.3 Å². The van der Waals surface area contributed by atoms with Crippen molar-refractivity contribution in [1.29, 1.82) is 0 Å². The minimum absolute atomic E-state index is 0. The molecule has 3 heterocycles. The molecule has 0 radical (unpaired) electrons. The maximum atomic E-state index is 5.64. The minimum atomic E-state index is 0. The second-order valence-corrected chi connectivity index (χ2v) is 7.31. The minimum Gasteiger partial charge on any atom is -0.381 e. The number of nitrogens with one attached hydrogen (secondary N) is 1. The molecule has 1 aromatic heterocycles. The Morgan fingerprint density at radius 2 is 2.20 bits per heavy atom. The lowest BCUT2D eigenvalue weighted by Gasteiger charge is -2.25. The summed E-state index contributed by atoms with van der Waals surface area (Å²) in [5, 5.41) is 7.52. The van der Waals surface area contributed by atoms with E-state index in [1.54, 1.807) is 0 Å². The zero-order chi connectivity index (χ0) is 17.2. The van der Waals surface area contributed by atoms with Gasteiger partial charge < -0.3 is 19.5 Å². The lowest BCUT2D eigenvalue weighted by atomic mass is 9.87. The highest BCUT2D eigenvalue weighted by molar-refractivity contribution is 14.0. The third-order valence-electron chi connectivity index (χ3n) is 5.35. The molecule has 0 aromatic carbocycles. The maximum Gasteiger partial charge on any atom is 0.193 e. The van der Waals surface area contributed by atoms with E-state index < -0.39 is 0 Å². The molecular weight excluding hydrogens is 431 g/mol. The van der Waals surface area contributed by atoms with Gasteiger partial charge in [-0.3, -0.25) is 4.99 Å². The van der Waals surface area contributed by atoms with E-state index in [1.165, 1.54) is 18.4 Å². The van der Waals surface area contributed by atoms with E-state index in [4.69, 9.17) is 14.3 Å². The van der Waals surface area contributed by atoms with Crippen LogP contribution < -0.4 is 5.32 Å². The molecule has 1 spiro atoms. The van der Waals surface area contributed by atoms with Gasteiger partial charge in [0, 0.05) is 49.7 Å². The van der Waals surface area contributed by atoms with Crippen molar-refractivity contribution in [2.24, 2.45) is 10.4 Å². The van der Waals surface area contributed by atoms with Gasteiger partial charge in [-0.25, -0.2) is 0 Å². The van der Waals surface area contributed by atoms with Crippen LogP contribution in [0.1, 0.15) is 49.6 Å². The van der Waals surface area contributed by atoms with E-state index in [0.29, 0.717) is 11.3 Å². The molecule has 2 aliphatic rings. The molecule has 0 amide bonds. The third-order valence-corrected chi connectivity index (χ3v) is 5.35. The number of aryl methyl sites for hydroxylation is 2. The Kier molecular flexibility index (Phi) is 7.13. The fourth-order valence-electron chi connectivity index (χ4n) is 4.02. The molecule has 2 unspecified atom stereocenters. The van der Waals surface area contributed by atoms with Crippen LogP contribution >= 0.6 is 24.0 Å². The van der Waals surface area contributed by atoms with Crippen molar-refractivity contribution in [3.8, 4) is 0 Å². The van der Waals surface area contributed by atoms with E-state index in [1.807, 2.05) is 13.8 Å². The van der Waals surface area contributed by atoms with E-state index in [-0.39, 0.29) is 24.0 Å². The molecule has 7 heteroatoms. The van der Waals surface area contributed by atoms with Crippen LogP contribution in [0.5, 0.6) is 0 Å². The molecule has 1 aromatic rings. The number of halogens is 1. The summed E-state index contributed by atoms with van der Waals surface area (Å²) in [5.74, 6) is 2.24. The molecule has 2 atom stereocenters. The molecule has 2 saturated heterocycles. The Balaban J connectivity index is 0.00000225. The smallest absolute Gasteiger partial charge is 0.193 e. The average molecular weight is 462 g/mol. The second-order valence-electron chi connectivity index (χ2n) is 7.31. The van der Waals surface area contributed by atoms with Gasteiger partial charge in [0.25, 0.3) is 0 Å². The van der Waals surface area contributed by atoms with Crippen molar-refractivity contribution in [2.45, 2.75) is 46.5 Å². The molecule has 1 N–H and O–H groups in total. The van der Waals surface area contributed by atoms with Crippen molar-refractivity contribution in [2.75, 3.05) is 39.4 Å². The Morgan fingerprint density at radius 1 is 1.40 bits per heavy atom. The van der Waals surface area contributed by atoms with E-state index in [0.717, 1.165) is 56.8 Å². The first-order chi connectivity index (χ1) is 11.5. The monoisotopic (exact) mass is 462 g/mol. The molecule has 6 nitrogen and oxygen atoms in total. The van der Waals surface area contributed by atoms with Crippen LogP contribution in [-0.2, 0) is 4.74 Å². The van der Waals surface area contributed by atoms with Crippen LogP contribution in [0.15, 0.2) is 9.52 Å². The SMILES string of the molecule is CCNC(=NCC(C)c1c(C)noc1C)N1CCC2(CCOC2)C1.I. The lowest BCUT2D eigenvalue weighted by molar-refractivity contribution is 0.156. The van der Waals surface area contributed by atoms with Crippen LogP contribution in [0.2, 0.25) is 0 Å². The number of aliphatic imine (C=N–C) groups is 1. The quantitative estimate of drug-likeness (QED) is 0.424. The third kappa shape index (κ3) is 4.48. The van der Waals surface area contributed by atoms with Gasteiger partial charge in [0.1, 0.15) is 5.76 Å². The molecule has 2 fully saturated rings. The van der Waals surface area contributed by atoms with E-state index in [9.17, 15) is 0 Å². The van der Waals surface area contributed by atoms with Crippen LogP contribution in [0.3, 0.4) is 0 Å². The highest BCUT2D eigenvalue weighted by Gasteiger charge is 2.42. The maximum absolute atomic E-state index is 5.64. The van der Waals surface area contributed by atoms with Crippen molar-refractivity contribution < 1.29 is 9.26 Å². The van der Waals surface area contributed by atoms with Crippen molar-refractivity contribution >= 4 is 29.9 Å². The number of hydrogen-bond acceptors (Lipinski definition) is 4. The number of guanidine groups is 1. The Bertz CT molecular complexity index is 576. The first-order valence-electron chi connectivity index (χ1n) is 9.08. The number of nitrogens with zero attached hydrogens (tertiary/aromatic N) is 3. The van der Waals surface area contributed by atoms with E-state index >= 15 is 0 Å². The first kappa shape index (κ1) is 20.5. The number of hydrogen-bond donors (Lipinski definition) is 1. The Hall–Kier alpha value is -0.830. The van der Waals surface area contributed by atoms with E-state index in [2.05, 4.69) is 29.2 Å². The summed E-state index contributed by atoms with van der Waals surface area (Å²) in [6.45, 7) is 13.8. The van der Waals surface area contributed by atoms with Gasteiger partial charge in [-0.1, -0.05) is 12.1 Å². The van der Waals surface area contributed by atoms with Gasteiger partial charge in [-0.05, 0) is 33.6 Å². The van der Waals surface area contributed by atoms with Crippen LogP contribution in [0, 0.1) is 19.3 Å². The molecular formula is C18H31IN4O2. The lowest BCUT2D eigenvalue weighted by Crippen LogP contribution is -2.41. The van der Waals surface area contributed by atoms with Gasteiger partial charge in [-0.2, -0.15) is 0 Å². The number of likely N-dealkylation sites (tertiary alicyclic amines) is 1. The highest BCUT2D eigenvalue weighted by Crippen LogP contribution is 2.38. The summed E-state index contributed by atoms with van der Waals surface area (Å²) >= 11 is 0. The van der Waals surface area contributed by atoms with Crippen molar-refractivity contribution in [1.82, 2.24) is 15.4 Å². The standard InChI is InChI=1S/C18H30N4O2.HI/c1-5-19-17(22-8-6-18(11-22)7-9-23-12-18)20-10-13(2)16-14(3)21-24-15(16)4;/h13H,5-12H2,1-4H3,(H,19,20);1H. The van der Waals surface area contributed by atoms with Gasteiger partial charge >= 0.3 is 0 Å². The topological polar surface area (TPSA) is 62.9 Å². The average Bonchev–Trinajstić information content (AvgIpc) is 3.27. The fraction of sp³-hybridized carbons (Fsp3) is 0.778. The van der Waals surface area contributed by atoms with Crippen LogP contribution in [0.4, 0.5) is 0 Å². The fourth-order valence-corrected chi connectivity index (χ4v) is 4.02. The predicted molar refractivity (Wildman–Crippen MR) is 110 cm³/mol. The molecule has 142 valence electrons. The largest absolute Gasteiger partial charge is 0.381 e. The molecule has 0 bridgehead atoms. The normalized spacial score (nSPS) is 24.6. The van der Waals surface area contributed by atoms with Gasteiger partial charge in [-0.15, -0.1) is 24.0 Å². The van der Waals surface area contributed by atoms with Crippen LogP contribution in [-0.4, -0.2) is 55.4 Å². The summed E-state index contributed by atoms with van der Waals surface area (Å²) in [7, 11) is 0. The molecule has 2 aliphatic heterocycles. The number of aromatic nitrogens is 1. The van der Waals surface area contributed by atoms with Gasteiger partial charge in [0.15, 0.2) is 5.96 Å². The molecule has 0 saturated carbocycles. The zero-order valence-electron chi connectivity index (χ0n) is 15.8. The Labute approximate surface area is 167 Å². The predicted octanol–water partition coefficient (Wildman–Crippen LogP) is 3.09. The van der Waals surface area contributed by atoms with Crippen molar-refractivity contribution in [3.05, 3.63) is 17.0 Å². The summed E-state index contributed by atoms with van der Waals surface area (Å²) < 4.78 is 10.9. The Morgan fingerprint density at radius 3 is 2.80 bits per heavy atom. The van der Waals surface area contributed by atoms with Gasteiger partial charge in [0.2, 0.25) is 0 Å². The molecule has 25 heavy (non-hydrogen) atoms.